The maximum atomic E-state index is 12.2. The maximum Gasteiger partial charge on any atom is 0.328 e. The van der Waals surface area contributed by atoms with Gasteiger partial charge in [-0.3, -0.25) is 9.59 Å². The first-order valence-electron chi connectivity index (χ1n) is 8.19. The van der Waals surface area contributed by atoms with Gasteiger partial charge in [0.15, 0.2) is 5.78 Å². The van der Waals surface area contributed by atoms with E-state index in [4.69, 9.17) is 16.3 Å². The molecule has 0 spiro atoms. The zero-order valence-electron chi connectivity index (χ0n) is 14.4. The highest BCUT2D eigenvalue weighted by Crippen LogP contribution is 2.12. The number of hydrogen-bond donors (Lipinski definition) is 1. The summed E-state index contributed by atoms with van der Waals surface area (Å²) in [5, 5.41) is 3.19. The first kappa shape index (κ1) is 19.7. The second kappa shape index (κ2) is 9.73. The molecule has 2 aromatic rings. The van der Waals surface area contributed by atoms with Crippen molar-refractivity contribution in [3.8, 4) is 0 Å². The van der Waals surface area contributed by atoms with E-state index in [1.54, 1.807) is 24.3 Å². The van der Waals surface area contributed by atoms with Crippen molar-refractivity contribution in [3.05, 3.63) is 70.7 Å². The smallest absolute Gasteiger partial charge is 0.328 e. The molecule has 1 N–H and O–H groups in total. The average molecular weight is 374 g/mol. The number of ether oxygens (including phenoxy) is 1. The number of hydrogen-bond acceptors (Lipinski definition) is 4. The van der Waals surface area contributed by atoms with E-state index < -0.39 is 12.0 Å². The van der Waals surface area contributed by atoms with Crippen molar-refractivity contribution in [1.82, 2.24) is 5.32 Å². The van der Waals surface area contributed by atoms with Gasteiger partial charge in [-0.25, -0.2) is 4.79 Å². The van der Waals surface area contributed by atoms with Gasteiger partial charge >= 0.3 is 5.97 Å². The van der Waals surface area contributed by atoms with E-state index in [1.807, 2.05) is 30.3 Å². The zero-order chi connectivity index (χ0) is 18.9. The third-order valence-electron chi connectivity index (χ3n) is 3.85. The number of nitrogens with one attached hydrogen (secondary N) is 1. The van der Waals surface area contributed by atoms with E-state index in [-0.39, 0.29) is 24.5 Å². The van der Waals surface area contributed by atoms with E-state index in [9.17, 15) is 14.4 Å². The standard InChI is InChI=1S/C20H20ClNO4/c1-26-20(25)17(13-14-5-3-2-4-6-14)22-19(24)12-11-18(23)15-7-9-16(21)10-8-15/h2-10,17H,11-13H2,1H3,(H,22,24). The van der Waals surface area contributed by atoms with Crippen molar-refractivity contribution in [2.75, 3.05) is 7.11 Å². The van der Waals surface area contributed by atoms with Crippen LogP contribution in [0.2, 0.25) is 5.02 Å². The highest BCUT2D eigenvalue weighted by atomic mass is 35.5. The molecule has 26 heavy (non-hydrogen) atoms. The fraction of sp³-hybridized carbons (Fsp3) is 0.250. The summed E-state index contributed by atoms with van der Waals surface area (Å²) in [7, 11) is 1.27. The largest absolute Gasteiger partial charge is 0.467 e. The van der Waals surface area contributed by atoms with Gasteiger partial charge in [0.05, 0.1) is 7.11 Å². The van der Waals surface area contributed by atoms with E-state index in [1.165, 1.54) is 7.11 Å². The molecule has 136 valence electrons. The summed E-state index contributed by atoms with van der Waals surface area (Å²) in [6.07, 6.45) is 0.362. The third kappa shape index (κ3) is 6.01. The highest BCUT2D eigenvalue weighted by Gasteiger charge is 2.22. The highest BCUT2D eigenvalue weighted by molar-refractivity contribution is 6.30. The van der Waals surface area contributed by atoms with Gasteiger partial charge in [0.2, 0.25) is 5.91 Å². The van der Waals surface area contributed by atoms with E-state index >= 15 is 0 Å². The zero-order valence-corrected chi connectivity index (χ0v) is 15.2. The number of ketones is 1. The Morgan fingerprint density at radius 1 is 1.00 bits per heavy atom. The number of benzene rings is 2. The molecule has 0 radical (unpaired) electrons. The Balaban J connectivity index is 1.91. The Labute approximate surface area is 157 Å². The van der Waals surface area contributed by atoms with Crippen molar-refractivity contribution in [1.29, 1.82) is 0 Å². The first-order chi connectivity index (χ1) is 12.5. The Kier molecular flexibility index (Phi) is 7.36. The molecule has 1 amide bonds. The molecule has 0 heterocycles. The second-order valence-corrected chi connectivity index (χ2v) is 6.20. The molecule has 5 nitrogen and oxygen atoms in total. The molecule has 2 rings (SSSR count). The van der Waals surface area contributed by atoms with E-state index in [0.717, 1.165) is 5.56 Å². The molecule has 1 atom stereocenters. The van der Waals surface area contributed by atoms with Gasteiger partial charge in [0.1, 0.15) is 6.04 Å². The minimum absolute atomic E-state index is 0.0102. The minimum atomic E-state index is -0.791. The van der Waals surface area contributed by atoms with Gasteiger partial charge in [-0.15, -0.1) is 0 Å². The monoisotopic (exact) mass is 373 g/mol. The molecular weight excluding hydrogens is 354 g/mol. The molecule has 0 aliphatic heterocycles. The minimum Gasteiger partial charge on any atom is -0.467 e. The van der Waals surface area contributed by atoms with Crippen LogP contribution in [-0.2, 0) is 20.7 Å². The van der Waals surface area contributed by atoms with E-state index in [2.05, 4.69) is 5.32 Å². The molecule has 0 aliphatic rings. The molecule has 0 saturated heterocycles. The lowest BCUT2D eigenvalue weighted by atomic mass is 10.0. The number of carbonyl (C=O) groups is 3. The van der Waals surface area contributed by atoms with Gasteiger partial charge in [-0.2, -0.15) is 0 Å². The fourth-order valence-corrected chi connectivity index (χ4v) is 2.59. The second-order valence-electron chi connectivity index (χ2n) is 5.76. The number of amides is 1. The van der Waals surface area contributed by atoms with Crippen LogP contribution in [0.25, 0.3) is 0 Å². The normalized spacial score (nSPS) is 11.5. The molecule has 6 heteroatoms. The van der Waals surface area contributed by atoms with Crippen molar-refractivity contribution in [3.63, 3.8) is 0 Å². The third-order valence-corrected chi connectivity index (χ3v) is 4.10. The van der Waals surface area contributed by atoms with E-state index in [0.29, 0.717) is 17.0 Å². The number of methoxy groups -OCH3 is 1. The summed E-state index contributed by atoms with van der Waals surface area (Å²) in [5.74, 6) is -1.06. The number of esters is 1. The Bertz CT molecular complexity index is 759. The molecule has 0 aliphatic carbocycles. The quantitative estimate of drug-likeness (QED) is 0.569. The fourth-order valence-electron chi connectivity index (χ4n) is 2.46. The first-order valence-corrected chi connectivity index (χ1v) is 8.57. The molecule has 0 aromatic heterocycles. The molecule has 2 aromatic carbocycles. The van der Waals surface area contributed by atoms with Crippen molar-refractivity contribution in [2.45, 2.75) is 25.3 Å². The van der Waals surface area contributed by atoms with Crippen LogP contribution in [0.5, 0.6) is 0 Å². The molecule has 0 saturated carbocycles. The van der Waals surface area contributed by atoms with Crippen molar-refractivity contribution in [2.24, 2.45) is 0 Å². The van der Waals surface area contributed by atoms with Crippen LogP contribution < -0.4 is 5.32 Å². The average Bonchev–Trinajstić information content (AvgIpc) is 2.66. The molecular formula is C20H20ClNO4. The predicted octanol–water partition coefficient (Wildman–Crippen LogP) is 3.20. The van der Waals surface area contributed by atoms with Gasteiger partial charge in [0, 0.05) is 29.8 Å². The summed E-state index contributed by atoms with van der Waals surface area (Å²) < 4.78 is 4.76. The molecule has 0 bridgehead atoms. The van der Waals surface area contributed by atoms with Crippen molar-refractivity contribution < 1.29 is 19.1 Å². The number of halogens is 1. The summed E-state index contributed by atoms with van der Waals surface area (Å²) in [4.78, 5) is 36.2. The maximum absolute atomic E-state index is 12.2. The topological polar surface area (TPSA) is 72.5 Å². The Morgan fingerprint density at radius 3 is 2.27 bits per heavy atom. The molecule has 1 unspecified atom stereocenters. The van der Waals surface area contributed by atoms with Crippen molar-refractivity contribution >= 4 is 29.3 Å². The van der Waals surface area contributed by atoms with Crippen LogP contribution in [-0.4, -0.2) is 30.8 Å². The van der Waals surface area contributed by atoms with Gasteiger partial charge in [0.25, 0.3) is 0 Å². The summed E-state index contributed by atoms with van der Waals surface area (Å²) in [6, 6.07) is 15.0. The lowest BCUT2D eigenvalue weighted by Crippen LogP contribution is -2.43. The van der Waals surface area contributed by atoms with Crippen LogP contribution >= 0.6 is 11.6 Å². The van der Waals surface area contributed by atoms with Gasteiger partial charge in [-0.1, -0.05) is 41.9 Å². The van der Waals surface area contributed by atoms with Crippen LogP contribution in [0, 0.1) is 0 Å². The lowest BCUT2D eigenvalue weighted by Gasteiger charge is -2.16. The number of Topliss-reactive ketones (excluding diaryl/α,β-unsaturated/α-hetero) is 1. The van der Waals surface area contributed by atoms with Crippen LogP contribution in [0.3, 0.4) is 0 Å². The molecule has 0 fully saturated rings. The van der Waals surface area contributed by atoms with Gasteiger partial charge < -0.3 is 10.1 Å². The van der Waals surface area contributed by atoms with Crippen LogP contribution in [0.4, 0.5) is 0 Å². The van der Waals surface area contributed by atoms with Crippen LogP contribution in [0.15, 0.2) is 54.6 Å². The Hall–Kier alpha value is -2.66. The SMILES string of the molecule is COC(=O)C(Cc1ccccc1)NC(=O)CCC(=O)c1ccc(Cl)cc1. The predicted molar refractivity (Wildman–Crippen MR) is 99.1 cm³/mol. The summed E-state index contributed by atoms with van der Waals surface area (Å²) in [5.41, 5.74) is 1.40. The Morgan fingerprint density at radius 2 is 1.65 bits per heavy atom. The number of rotatable bonds is 8. The lowest BCUT2D eigenvalue weighted by molar-refractivity contribution is -0.145. The van der Waals surface area contributed by atoms with Crippen LogP contribution in [0.1, 0.15) is 28.8 Å². The number of carbonyl (C=O) groups excluding carboxylic acids is 3. The van der Waals surface area contributed by atoms with Gasteiger partial charge in [-0.05, 0) is 29.8 Å². The summed E-state index contributed by atoms with van der Waals surface area (Å²) in [6.45, 7) is 0. The summed E-state index contributed by atoms with van der Waals surface area (Å²) >= 11 is 5.79.